The summed E-state index contributed by atoms with van der Waals surface area (Å²) in [6, 6.07) is 14.0. The summed E-state index contributed by atoms with van der Waals surface area (Å²) in [5.41, 5.74) is 1.90. The average molecular weight is 482 g/mol. The van der Waals surface area contributed by atoms with E-state index in [4.69, 9.17) is 46.4 Å². The molecule has 0 aliphatic carbocycles. The Morgan fingerprint density at radius 2 is 1.43 bits per heavy atom. The first-order valence-electron chi connectivity index (χ1n) is 9.21. The second-order valence-corrected chi connectivity index (χ2v) is 8.49. The van der Waals surface area contributed by atoms with Crippen molar-refractivity contribution in [3.05, 3.63) is 74.2 Å². The lowest BCUT2D eigenvalue weighted by atomic mass is 10.1. The normalized spacial score (nSPS) is 14.1. The number of rotatable bonds is 3. The number of aromatic nitrogens is 2. The Morgan fingerprint density at radius 1 is 0.767 bits per heavy atom. The Labute approximate surface area is 194 Å². The van der Waals surface area contributed by atoms with E-state index < -0.39 is 0 Å². The Hall–Kier alpha value is -2.05. The van der Waals surface area contributed by atoms with Gasteiger partial charge in [-0.2, -0.15) is 0 Å². The van der Waals surface area contributed by atoms with Gasteiger partial charge in [0.1, 0.15) is 0 Å². The van der Waals surface area contributed by atoms with Crippen LogP contribution in [-0.2, 0) is 0 Å². The quantitative estimate of drug-likeness (QED) is 0.480. The van der Waals surface area contributed by atoms with E-state index in [1.54, 1.807) is 35.2 Å². The Balaban J connectivity index is 1.42. The van der Waals surface area contributed by atoms with Crippen molar-refractivity contribution in [2.45, 2.75) is 0 Å². The molecule has 1 saturated heterocycles. The van der Waals surface area contributed by atoms with Crippen molar-refractivity contribution in [1.82, 2.24) is 15.1 Å². The van der Waals surface area contributed by atoms with E-state index in [0.29, 0.717) is 57.5 Å². The van der Waals surface area contributed by atoms with E-state index in [1.165, 1.54) is 0 Å². The zero-order chi connectivity index (χ0) is 21.3. The fraction of sp³-hybridized carbons (Fsp3) is 0.190. The van der Waals surface area contributed by atoms with Gasteiger partial charge in [0.15, 0.2) is 5.82 Å². The van der Waals surface area contributed by atoms with E-state index in [9.17, 15) is 4.79 Å². The number of hydrogen-bond acceptors (Lipinski definition) is 4. The van der Waals surface area contributed by atoms with E-state index in [2.05, 4.69) is 15.1 Å². The highest BCUT2D eigenvalue weighted by molar-refractivity contribution is 6.37. The summed E-state index contributed by atoms with van der Waals surface area (Å²) < 4.78 is 0. The van der Waals surface area contributed by atoms with Crippen LogP contribution in [0, 0.1) is 0 Å². The maximum absolute atomic E-state index is 12.8. The lowest BCUT2D eigenvalue weighted by molar-refractivity contribution is 0.0746. The Morgan fingerprint density at radius 3 is 2.03 bits per heavy atom. The lowest BCUT2D eigenvalue weighted by Crippen LogP contribution is -2.49. The Bertz CT molecular complexity index is 1080. The van der Waals surface area contributed by atoms with Gasteiger partial charge in [-0.15, -0.1) is 10.2 Å². The van der Waals surface area contributed by atoms with Crippen LogP contribution in [-0.4, -0.2) is 47.2 Å². The van der Waals surface area contributed by atoms with Crippen molar-refractivity contribution in [3.8, 4) is 11.3 Å². The van der Waals surface area contributed by atoms with Crippen LogP contribution in [0.2, 0.25) is 20.1 Å². The van der Waals surface area contributed by atoms with Gasteiger partial charge in [0.05, 0.1) is 21.3 Å². The number of carbonyl (C=O) groups excluding carboxylic acids is 1. The van der Waals surface area contributed by atoms with Crippen LogP contribution in [0.15, 0.2) is 48.5 Å². The average Bonchev–Trinajstić information content (AvgIpc) is 2.74. The van der Waals surface area contributed by atoms with Gasteiger partial charge in [0.2, 0.25) is 0 Å². The minimum Gasteiger partial charge on any atom is -0.352 e. The molecule has 1 fully saturated rings. The molecule has 2 heterocycles. The molecule has 0 spiro atoms. The second-order valence-electron chi connectivity index (χ2n) is 6.80. The molecule has 2 aromatic carbocycles. The summed E-state index contributed by atoms with van der Waals surface area (Å²) in [5, 5.41) is 10.6. The van der Waals surface area contributed by atoms with Crippen LogP contribution in [0.5, 0.6) is 0 Å². The first-order valence-corrected chi connectivity index (χ1v) is 10.7. The SMILES string of the molecule is O=C(c1ccc(Cl)cc1Cl)N1CCN(c2ccc(-c3ccc(Cl)cc3Cl)nn2)CC1. The molecule has 1 aliphatic rings. The lowest BCUT2D eigenvalue weighted by Gasteiger charge is -2.35. The molecule has 0 saturated carbocycles. The highest BCUT2D eigenvalue weighted by Crippen LogP contribution is 2.29. The van der Waals surface area contributed by atoms with E-state index in [0.717, 1.165) is 11.4 Å². The molecule has 0 bridgehead atoms. The van der Waals surface area contributed by atoms with Gasteiger partial charge in [-0.1, -0.05) is 46.4 Å². The first kappa shape index (κ1) is 21.2. The fourth-order valence-corrected chi connectivity index (χ4v) is 4.30. The summed E-state index contributed by atoms with van der Waals surface area (Å²) in [7, 11) is 0. The predicted octanol–water partition coefficient (Wildman–Crippen LogP) is 5.72. The van der Waals surface area contributed by atoms with Crippen molar-refractivity contribution >= 4 is 58.1 Å². The Kier molecular flexibility index (Phi) is 6.34. The van der Waals surface area contributed by atoms with Crippen molar-refractivity contribution in [2.75, 3.05) is 31.1 Å². The van der Waals surface area contributed by atoms with Crippen molar-refractivity contribution < 1.29 is 4.79 Å². The van der Waals surface area contributed by atoms with Gasteiger partial charge in [-0.05, 0) is 48.5 Å². The molecular weight excluding hydrogens is 466 g/mol. The minimum atomic E-state index is -0.102. The van der Waals surface area contributed by atoms with Gasteiger partial charge < -0.3 is 9.80 Å². The summed E-state index contributed by atoms with van der Waals surface area (Å²) in [6.45, 7) is 2.41. The smallest absolute Gasteiger partial charge is 0.255 e. The monoisotopic (exact) mass is 480 g/mol. The fourth-order valence-electron chi connectivity index (χ4n) is 3.31. The number of halogens is 4. The molecule has 1 amide bonds. The molecule has 3 aromatic rings. The largest absolute Gasteiger partial charge is 0.352 e. The number of benzene rings is 2. The van der Waals surface area contributed by atoms with Crippen LogP contribution in [0.3, 0.4) is 0 Å². The summed E-state index contributed by atoms with van der Waals surface area (Å²) in [6.07, 6.45) is 0. The van der Waals surface area contributed by atoms with Crippen LogP contribution >= 0.6 is 46.4 Å². The molecule has 9 heteroatoms. The third-order valence-electron chi connectivity index (χ3n) is 4.91. The molecule has 154 valence electrons. The van der Waals surface area contributed by atoms with Gasteiger partial charge in [0.25, 0.3) is 5.91 Å². The number of hydrogen-bond donors (Lipinski definition) is 0. The standard InChI is InChI=1S/C21H16Cl4N4O/c22-13-1-3-15(17(24)11-13)19-5-6-20(27-26-19)28-7-9-29(10-8-28)21(30)16-4-2-14(23)12-18(16)25/h1-6,11-12H,7-10H2. The number of amides is 1. The van der Waals surface area contributed by atoms with Crippen molar-refractivity contribution in [2.24, 2.45) is 0 Å². The van der Waals surface area contributed by atoms with Gasteiger partial charge >= 0.3 is 0 Å². The zero-order valence-corrected chi connectivity index (χ0v) is 18.7. The summed E-state index contributed by atoms with van der Waals surface area (Å²) >= 11 is 24.3. The molecule has 4 rings (SSSR count). The maximum atomic E-state index is 12.8. The number of piperazine rings is 1. The molecule has 5 nitrogen and oxygen atoms in total. The zero-order valence-electron chi connectivity index (χ0n) is 15.7. The first-order chi connectivity index (χ1) is 14.4. The maximum Gasteiger partial charge on any atom is 0.255 e. The van der Waals surface area contributed by atoms with E-state index >= 15 is 0 Å². The van der Waals surface area contributed by atoms with Crippen molar-refractivity contribution in [1.29, 1.82) is 0 Å². The molecule has 1 aliphatic heterocycles. The highest BCUT2D eigenvalue weighted by Gasteiger charge is 2.24. The minimum absolute atomic E-state index is 0.102. The molecular formula is C21H16Cl4N4O. The molecule has 0 N–H and O–H groups in total. The highest BCUT2D eigenvalue weighted by atomic mass is 35.5. The van der Waals surface area contributed by atoms with Crippen LogP contribution < -0.4 is 4.90 Å². The van der Waals surface area contributed by atoms with Gasteiger partial charge in [-0.3, -0.25) is 4.79 Å². The van der Waals surface area contributed by atoms with E-state index in [1.807, 2.05) is 18.2 Å². The molecule has 0 unspecified atom stereocenters. The van der Waals surface area contributed by atoms with Crippen LogP contribution in [0.4, 0.5) is 5.82 Å². The molecule has 1 aromatic heterocycles. The summed E-state index contributed by atoms with van der Waals surface area (Å²) in [4.78, 5) is 16.6. The third-order valence-corrected chi connectivity index (χ3v) is 6.01. The molecule has 30 heavy (non-hydrogen) atoms. The second kappa shape index (κ2) is 8.98. The van der Waals surface area contributed by atoms with Crippen LogP contribution in [0.1, 0.15) is 10.4 Å². The topological polar surface area (TPSA) is 49.3 Å². The number of nitrogens with zero attached hydrogens (tertiary/aromatic N) is 4. The van der Waals surface area contributed by atoms with Crippen LogP contribution in [0.25, 0.3) is 11.3 Å². The third kappa shape index (κ3) is 4.49. The molecule has 0 radical (unpaired) electrons. The van der Waals surface area contributed by atoms with E-state index in [-0.39, 0.29) is 5.91 Å². The molecule has 0 atom stereocenters. The van der Waals surface area contributed by atoms with Crippen molar-refractivity contribution in [3.63, 3.8) is 0 Å². The van der Waals surface area contributed by atoms with Gasteiger partial charge in [0, 0.05) is 41.8 Å². The predicted molar refractivity (Wildman–Crippen MR) is 122 cm³/mol. The number of carbonyl (C=O) groups is 1. The van der Waals surface area contributed by atoms with Gasteiger partial charge in [-0.25, -0.2) is 0 Å². The summed E-state index contributed by atoms with van der Waals surface area (Å²) in [5.74, 6) is 0.649. The number of anilines is 1.